The van der Waals surface area contributed by atoms with Crippen LogP contribution in [0.4, 0.5) is 0 Å². The van der Waals surface area contributed by atoms with Gasteiger partial charge in [-0.3, -0.25) is 9.98 Å². The molecule has 0 saturated carbocycles. The highest BCUT2D eigenvalue weighted by Gasteiger charge is 2.08. The van der Waals surface area contributed by atoms with Crippen molar-refractivity contribution in [2.45, 2.75) is 24.3 Å². The molecule has 0 aliphatic carbocycles. The lowest BCUT2D eigenvalue weighted by atomic mass is 10.2. The van der Waals surface area contributed by atoms with Crippen LogP contribution in [0.2, 0.25) is 0 Å². The van der Waals surface area contributed by atoms with Crippen molar-refractivity contribution >= 4 is 55.8 Å². The summed E-state index contributed by atoms with van der Waals surface area (Å²) in [5.41, 5.74) is 2.77. The van der Waals surface area contributed by atoms with Crippen molar-refractivity contribution < 1.29 is 0 Å². The van der Waals surface area contributed by atoms with Gasteiger partial charge in [0, 0.05) is 36.1 Å². The molecule has 0 bridgehead atoms. The quantitative estimate of drug-likeness (QED) is 0.734. The number of benzene rings is 1. The molecule has 2 aliphatic heterocycles. The Morgan fingerprint density at radius 2 is 1.23 bits per heavy atom. The molecule has 0 fully saturated rings. The number of hydrogen-bond donors (Lipinski definition) is 0. The topological polar surface area (TPSA) is 24.7 Å². The summed E-state index contributed by atoms with van der Waals surface area (Å²) in [6.07, 6.45) is 2.45. The number of aliphatic imine (C=N–C) groups is 2. The highest BCUT2D eigenvalue weighted by molar-refractivity contribution is 8.39. The largest absolute Gasteiger partial charge is 0.272 e. The van der Waals surface area contributed by atoms with E-state index in [4.69, 9.17) is 0 Å². The summed E-state index contributed by atoms with van der Waals surface area (Å²) in [7, 11) is 0. The third-order valence-electron chi connectivity index (χ3n) is 3.29. The molecule has 0 amide bonds. The molecule has 1 aromatic carbocycles. The van der Waals surface area contributed by atoms with Gasteiger partial charge in [0.25, 0.3) is 0 Å². The van der Waals surface area contributed by atoms with Crippen LogP contribution in [0.1, 0.15) is 24.0 Å². The normalized spacial score (nSPS) is 18.7. The van der Waals surface area contributed by atoms with E-state index in [9.17, 15) is 0 Å². The third kappa shape index (κ3) is 5.55. The molecule has 1 aromatic rings. The van der Waals surface area contributed by atoms with Crippen LogP contribution < -0.4 is 0 Å². The minimum atomic E-state index is 1.01. The highest BCUT2D eigenvalue weighted by atomic mass is 32.2. The van der Waals surface area contributed by atoms with E-state index in [1.807, 2.05) is 47.0 Å². The molecule has 0 atom stereocenters. The first-order valence-corrected chi connectivity index (χ1v) is 11.5. The molecule has 0 spiro atoms. The minimum absolute atomic E-state index is 1.01. The average molecular weight is 369 g/mol. The predicted octanol–water partition coefficient (Wildman–Crippen LogP) is 5.14. The van der Waals surface area contributed by atoms with Crippen LogP contribution in [0.15, 0.2) is 34.3 Å². The third-order valence-corrected chi connectivity index (χ3v) is 8.14. The minimum Gasteiger partial charge on any atom is -0.272 e. The number of rotatable bonds is 4. The molecule has 2 nitrogen and oxygen atoms in total. The molecule has 0 N–H and O–H groups in total. The van der Waals surface area contributed by atoms with Crippen molar-refractivity contribution in [2.75, 3.05) is 24.6 Å². The molecule has 22 heavy (non-hydrogen) atoms. The van der Waals surface area contributed by atoms with Crippen LogP contribution in [0.5, 0.6) is 0 Å². The molecule has 118 valence electrons. The van der Waals surface area contributed by atoms with Crippen LogP contribution in [0, 0.1) is 0 Å². The first-order valence-electron chi connectivity index (χ1n) is 7.58. The predicted molar refractivity (Wildman–Crippen MR) is 108 cm³/mol. The van der Waals surface area contributed by atoms with Gasteiger partial charge in [-0.25, -0.2) is 0 Å². The van der Waals surface area contributed by atoms with E-state index in [0.717, 1.165) is 24.6 Å². The lowest BCUT2D eigenvalue weighted by molar-refractivity contribution is 0.942. The van der Waals surface area contributed by atoms with Crippen molar-refractivity contribution in [1.29, 1.82) is 0 Å². The Hall–Kier alpha value is -0.0400. The fraction of sp³-hybridized carbons (Fsp3) is 0.500. The molecule has 0 aromatic heterocycles. The van der Waals surface area contributed by atoms with E-state index in [1.54, 1.807) is 0 Å². The number of hydrogen-bond acceptors (Lipinski definition) is 6. The zero-order valence-electron chi connectivity index (χ0n) is 12.5. The fourth-order valence-corrected chi connectivity index (χ4v) is 6.19. The molecule has 6 heteroatoms. The van der Waals surface area contributed by atoms with E-state index >= 15 is 0 Å². The SMILES string of the molecule is c1cc(CSC2=NCCCS2)ccc1CSC1=NCCCS1. The molecule has 0 saturated heterocycles. The van der Waals surface area contributed by atoms with Gasteiger partial charge in [0.05, 0.1) is 0 Å². The Labute approximate surface area is 149 Å². The molecule has 0 unspecified atom stereocenters. The van der Waals surface area contributed by atoms with Crippen LogP contribution in [-0.4, -0.2) is 33.3 Å². The van der Waals surface area contributed by atoms with Gasteiger partial charge in [0.2, 0.25) is 0 Å². The van der Waals surface area contributed by atoms with Crippen LogP contribution in [-0.2, 0) is 11.5 Å². The van der Waals surface area contributed by atoms with Gasteiger partial charge in [-0.15, -0.1) is 0 Å². The summed E-state index contributed by atoms with van der Waals surface area (Å²) < 4.78 is 2.52. The van der Waals surface area contributed by atoms with Gasteiger partial charge >= 0.3 is 0 Å². The first-order chi connectivity index (χ1) is 10.9. The monoisotopic (exact) mass is 368 g/mol. The van der Waals surface area contributed by atoms with Crippen LogP contribution in [0.3, 0.4) is 0 Å². The van der Waals surface area contributed by atoms with Gasteiger partial charge in [0.15, 0.2) is 0 Å². The maximum atomic E-state index is 4.57. The van der Waals surface area contributed by atoms with Crippen LogP contribution >= 0.6 is 47.0 Å². The number of thioether (sulfide) groups is 4. The van der Waals surface area contributed by atoms with E-state index in [0.29, 0.717) is 0 Å². The van der Waals surface area contributed by atoms with E-state index in [2.05, 4.69) is 34.3 Å². The zero-order valence-corrected chi connectivity index (χ0v) is 15.8. The average Bonchev–Trinajstić information content (AvgIpc) is 2.61. The fourth-order valence-electron chi connectivity index (χ4n) is 2.08. The summed E-state index contributed by atoms with van der Waals surface area (Å²) >= 11 is 7.56. The summed E-state index contributed by atoms with van der Waals surface area (Å²) in [6.45, 7) is 2.01. The molecular weight excluding hydrogens is 348 g/mol. The van der Waals surface area contributed by atoms with Gasteiger partial charge in [-0.1, -0.05) is 71.3 Å². The smallest absolute Gasteiger partial charge is 0.124 e. The molecule has 2 aliphatic rings. The molecular formula is C16H20N2S4. The van der Waals surface area contributed by atoms with Crippen molar-refractivity contribution in [3.05, 3.63) is 35.4 Å². The molecule has 2 heterocycles. The lowest BCUT2D eigenvalue weighted by Crippen LogP contribution is -2.00. The molecule has 0 radical (unpaired) electrons. The summed E-state index contributed by atoms with van der Waals surface area (Å²) in [5, 5.41) is 0. The maximum absolute atomic E-state index is 4.57. The van der Waals surface area contributed by atoms with Crippen molar-refractivity contribution in [3.63, 3.8) is 0 Å². The lowest BCUT2D eigenvalue weighted by Gasteiger charge is -2.11. The van der Waals surface area contributed by atoms with Gasteiger partial charge < -0.3 is 0 Å². The standard InChI is InChI=1S/C16H20N2S4/c1-7-17-15(19-9-1)21-11-13-3-5-14(6-4-13)12-22-16-18-8-2-10-20-16/h3-6H,1-2,7-12H2. The number of nitrogens with zero attached hydrogens (tertiary/aromatic N) is 2. The Morgan fingerprint density at radius 1 is 0.773 bits per heavy atom. The van der Waals surface area contributed by atoms with Crippen LogP contribution in [0.25, 0.3) is 0 Å². The highest BCUT2D eigenvalue weighted by Crippen LogP contribution is 2.27. The Bertz CT molecular complexity index is 491. The summed E-state index contributed by atoms with van der Waals surface area (Å²) in [6, 6.07) is 9.03. The van der Waals surface area contributed by atoms with Gasteiger partial charge in [-0.2, -0.15) is 0 Å². The summed E-state index contributed by atoms with van der Waals surface area (Å²) in [5.74, 6) is 4.51. The summed E-state index contributed by atoms with van der Waals surface area (Å²) in [4.78, 5) is 9.13. The molecule has 3 rings (SSSR count). The van der Waals surface area contributed by atoms with Gasteiger partial charge in [-0.05, 0) is 24.0 Å². The zero-order chi connectivity index (χ0) is 15.0. The Kier molecular flexibility index (Phi) is 7.11. The second-order valence-corrected chi connectivity index (χ2v) is 9.71. The Balaban J connectivity index is 1.45. The van der Waals surface area contributed by atoms with Gasteiger partial charge in [0.1, 0.15) is 8.75 Å². The van der Waals surface area contributed by atoms with E-state index in [-0.39, 0.29) is 0 Å². The van der Waals surface area contributed by atoms with E-state index in [1.165, 1.54) is 44.2 Å². The first kappa shape index (κ1) is 16.8. The van der Waals surface area contributed by atoms with Crippen molar-refractivity contribution in [3.8, 4) is 0 Å². The van der Waals surface area contributed by atoms with E-state index < -0.39 is 0 Å². The van der Waals surface area contributed by atoms with Crippen molar-refractivity contribution in [2.24, 2.45) is 9.98 Å². The second kappa shape index (κ2) is 9.30. The second-order valence-electron chi connectivity index (χ2n) is 5.09. The van der Waals surface area contributed by atoms with Crippen molar-refractivity contribution in [1.82, 2.24) is 0 Å². The maximum Gasteiger partial charge on any atom is 0.124 e. The Morgan fingerprint density at radius 3 is 1.59 bits per heavy atom.